The summed E-state index contributed by atoms with van der Waals surface area (Å²) >= 11 is 0. The molecule has 0 fully saturated rings. The van der Waals surface area contributed by atoms with Gasteiger partial charge in [0.2, 0.25) is 0 Å². The second kappa shape index (κ2) is 7.90. The Morgan fingerprint density at radius 3 is 2.43 bits per heavy atom. The third-order valence-electron chi connectivity index (χ3n) is 3.02. The van der Waals surface area contributed by atoms with Crippen molar-refractivity contribution in [2.75, 3.05) is 13.2 Å². The first-order valence-electron chi connectivity index (χ1n) is 6.95. The second-order valence-electron chi connectivity index (χ2n) is 4.79. The molecule has 0 aliphatic rings. The number of carbonyl (C=O) groups is 1. The lowest BCUT2D eigenvalue weighted by atomic mass is 10.2. The molecule has 0 aliphatic heterocycles. The van der Waals surface area contributed by atoms with Crippen LogP contribution in [0.1, 0.15) is 10.4 Å². The van der Waals surface area contributed by atoms with Crippen LogP contribution >= 0.6 is 0 Å². The summed E-state index contributed by atoms with van der Waals surface area (Å²) in [5, 5.41) is 22.9. The molecule has 23 heavy (non-hydrogen) atoms. The molecule has 0 unspecified atom stereocenters. The lowest BCUT2D eigenvalue weighted by Gasteiger charge is -2.13. The average Bonchev–Trinajstić information content (AvgIpc) is 2.59. The lowest BCUT2D eigenvalue weighted by Crippen LogP contribution is -2.35. The minimum atomic E-state index is -0.891. The van der Waals surface area contributed by atoms with Gasteiger partial charge in [0.25, 0.3) is 11.6 Å². The summed E-state index contributed by atoms with van der Waals surface area (Å²) < 4.78 is 5.32. The van der Waals surface area contributed by atoms with E-state index in [9.17, 15) is 20.0 Å². The maximum atomic E-state index is 11.8. The maximum Gasteiger partial charge on any atom is 0.269 e. The van der Waals surface area contributed by atoms with Gasteiger partial charge in [-0.3, -0.25) is 14.9 Å². The Morgan fingerprint density at radius 1 is 1.17 bits per heavy atom. The normalized spacial score (nSPS) is 11.5. The zero-order chi connectivity index (χ0) is 16.7. The van der Waals surface area contributed by atoms with Gasteiger partial charge in [-0.25, -0.2) is 0 Å². The number of ether oxygens (including phenoxy) is 1. The molecule has 0 aromatic heterocycles. The number of nitro benzene ring substituents is 1. The standard InChI is InChI=1S/C16H16N2O5/c19-14(10-17-16(20)12-4-2-1-3-5-12)11-23-15-8-6-13(7-9-15)18(21)22/h1-9,14,19H,10-11H2,(H,17,20)/t14-/m1/s1. The first-order valence-corrected chi connectivity index (χ1v) is 6.95. The molecule has 2 rings (SSSR count). The van der Waals surface area contributed by atoms with Crippen LogP contribution in [-0.4, -0.2) is 35.2 Å². The van der Waals surface area contributed by atoms with Gasteiger partial charge >= 0.3 is 0 Å². The summed E-state index contributed by atoms with van der Waals surface area (Å²) in [7, 11) is 0. The maximum absolute atomic E-state index is 11.8. The predicted molar refractivity (Wildman–Crippen MR) is 83.4 cm³/mol. The van der Waals surface area contributed by atoms with Crippen molar-refractivity contribution >= 4 is 11.6 Å². The van der Waals surface area contributed by atoms with E-state index >= 15 is 0 Å². The summed E-state index contributed by atoms with van der Waals surface area (Å²) in [6, 6.07) is 14.2. The van der Waals surface area contributed by atoms with Crippen molar-refractivity contribution in [2.24, 2.45) is 0 Å². The monoisotopic (exact) mass is 316 g/mol. The van der Waals surface area contributed by atoms with E-state index in [-0.39, 0.29) is 24.7 Å². The molecule has 0 bridgehead atoms. The van der Waals surface area contributed by atoms with Crippen LogP contribution in [0.5, 0.6) is 5.75 Å². The smallest absolute Gasteiger partial charge is 0.269 e. The summed E-state index contributed by atoms with van der Waals surface area (Å²) in [5.74, 6) is 0.129. The highest BCUT2D eigenvalue weighted by Gasteiger charge is 2.10. The van der Waals surface area contributed by atoms with Crippen molar-refractivity contribution in [3.05, 3.63) is 70.3 Å². The Hall–Kier alpha value is -2.93. The van der Waals surface area contributed by atoms with Crippen LogP contribution in [0.15, 0.2) is 54.6 Å². The number of nitro groups is 1. The number of rotatable bonds is 7. The fraction of sp³-hybridized carbons (Fsp3) is 0.188. The molecule has 1 atom stereocenters. The van der Waals surface area contributed by atoms with E-state index in [4.69, 9.17) is 4.74 Å². The summed E-state index contributed by atoms with van der Waals surface area (Å²) in [4.78, 5) is 21.8. The number of aliphatic hydroxyl groups is 1. The number of hydrogen-bond acceptors (Lipinski definition) is 5. The van der Waals surface area contributed by atoms with Gasteiger partial charge in [0.15, 0.2) is 0 Å². The summed E-state index contributed by atoms with van der Waals surface area (Å²) in [6.45, 7) is 0.00753. The Kier molecular flexibility index (Phi) is 5.65. The minimum Gasteiger partial charge on any atom is -0.491 e. The average molecular weight is 316 g/mol. The summed E-state index contributed by atoms with van der Waals surface area (Å²) in [5.41, 5.74) is 0.476. The van der Waals surface area contributed by atoms with Crippen molar-refractivity contribution in [1.29, 1.82) is 0 Å². The molecular formula is C16H16N2O5. The van der Waals surface area contributed by atoms with Crippen LogP contribution in [0.2, 0.25) is 0 Å². The third kappa shape index (κ3) is 5.08. The van der Waals surface area contributed by atoms with Crippen molar-refractivity contribution in [1.82, 2.24) is 5.32 Å². The molecule has 120 valence electrons. The van der Waals surface area contributed by atoms with Gasteiger partial charge in [-0.1, -0.05) is 18.2 Å². The molecule has 7 nitrogen and oxygen atoms in total. The molecule has 0 saturated heterocycles. The van der Waals surface area contributed by atoms with E-state index in [1.165, 1.54) is 24.3 Å². The van der Waals surface area contributed by atoms with Gasteiger partial charge in [0.05, 0.1) is 4.92 Å². The Bertz CT molecular complexity index is 658. The Labute approximate surface area is 132 Å². The zero-order valence-corrected chi connectivity index (χ0v) is 12.2. The van der Waals surface area contributed by atoms with Crippen LogP contribution < -0.4 is 10.1 Å². The highest BCUT2D eigenvalue weighted by atomic mass is 16.6. The van der Waals surface area contributed by atoms with Crippen LogP contribution in [0.4, 0.5) is 5.69 Å². The highest BCUT2D eigenvalue weighted by molar-refractivity contribution is 5.94. The zero-order valence-electron chi connectivity index (χ0n) is 12.2. The topological polar surface area (TPSA) is 102 Å². The number of nitrogens with one attached hydrogen (secondary N) is 1. The van der Waals surface area contributed by atoms with Crippen LogP contribution in [0.25, 0.3) is 0 Å². The van der Waals surface area contributed by atoms with Crippen molar-refractivity contribution < 1.29 is 19.6 Å². The lowest BCUT2D eigenvalue weighted by molar-refractivity contribution is -0.384. The first-order chi connectivity index (χ1) is 11.1. The fourth-order valence-corrected chi connectivity index (χ4v) is 1.82. The number of nitrogens with zero attached hydrogens (tertiary/aromatic N) is 1. The first kappa shape index (κ1) is 16.4. The van der Waals surface area contributed by atoms with Gasteiger partial charge in [0, 0.05) is 24.2 Å². The SMILES string of the molecule is O=C(NC[C@@H](O)COc1ccc([N+](=O)[O-])cc1)c1ccccc1. The molecule has 1 amide bonds. The Morgan fingerprint density at radius 2 is 1.83 bits per heavy atom. The van der Waals surface area contributed by atoms with Crippen LogP contribution in [0.3, 0.4) is 0 Å². The molecule has 2 N–H and O–H groups in total. The van der Waals surface area contributed by atoms with E-state index in [2.05, 4.69) is 5.32 Å². The molecular weight excluding hydrogens is 300 g/mol. The highest BCUT2D eigenvalue weighted by Crippen LogP contribution is 2.17. The molecule has 0 spiro atoms. The number of non-ortho nitro benzene ring substituents is 1. The molecule has 7 heteroatoms. The van der Waals surface area contributed by atoms with Crippen molar-refractivity contribution in [3.8, 4) is 5.75 Å². The number of hydrogen-bond donors (Lipinski definition) is 2. The summed E-state index contributed by atoms with van der Waals surface area (Å²) in [6.07, 6.45) is -0.891. The number of amides is 1. The van der Waals surface area contributed by atoms with E-state index in [1.54, 1.807) is 24.3 Å². The van der Waals surface area contributed by atoms with E-state index in [0.29, 0.717) is 11.3 Å². The number of carbonyl (C=O) groups excluding carboxylic acids is 1. The van der Waals surface area contributed by atoms with Gasteiger partial charge in [-0.05, 0) is 24.3 Å². The fourth-order valence-electron chi connectivity index (χ4n) is 1.82. The molecule has 0 heterocycles. The van der Waals surface area contributed by atoms with E-state index in [1.807, 2.05) is 6.07 Å². The number of aliphatic hydroxyl groups excluding tert-OH is 1. The van der Waals surface area contributed by atoms with Crippen LogP contribution in [-0.2, 0) is 0 Å². The van der Waals surface area contributed by atoms with Crippen LogP contribution in [0, 0.1) is 10.1 Å². The molecule has 2 aromatic rings. The van der Waals surface area contributed by atoms with E-state index < -0.39 is 11.0 Å². The van der Waals surface area contributed by atoms with Gasteiger partial charge in [0.1, 0.15) is 18.5 Å². The van der Waals surface area contributed by atoms with E-state index in [0.717, 1.165) is 0 Å². The molecule has 2 aromatic carbocycles. The third-order valence-corrected chi connectivity index (χ3v) is 3.02. The second-order valence-corrected chi connectivity index (χ2v) is 4.79. The van der Waals surface area contributed by atoms with Gasteiger partial charge < -0.3 is 15.2 Å². The van der Waals surface area contributed by atoms with Crippen molar-refractivity contribution in [3.63, 3.8) is 0 Å². The molecule has 0 radical (unpaired) electrons. The van der Waals surface area contributed by atoms with Gasteiger partial charge in [-0.15, -0.1) is 0 Å². The van der Waals surface area contributed by atoms with Gasteiger partial charge in [-0.2, -0.15) is 0 Å². The largest absolute Gasteiger partial charge is 0.491 e. The Balaban J connectivity index is 1.75. The molecule has 0 saturated carbocycles. The number of benzene rings is 2. The quantitative estimate of drug-likeness (QED) is 0.598. The van der Waals surface area contributed by atoms with Crippen molar-refractivity contribution in [2.45, 2.75) is 6.10 Å². The minimum absolute atomic E-state index is 0.0342. The molecule has 0 aliphatic carbocycles. The predicted octanol–water partition coefficient (Wildman–Crippen LogP) is 1.76.